The summed E-state index contributed by atoms with van der Waals surface area (Å²) in [4.78, 5) is 53.3. The standard InChI is InChI=1S/C25H26N6O6S/c1-37-28-21(18-13-38-25(26)27-18)24(36)30-9-7-29(8-10-30)19-6-5-17-20-15(19)3-2-4-16(20)22(34)31(23(17)35)14(11-32)12-33/h2-6,13-14,32-33H,7-12H2,1H3,(H2,26,27)/b28-21-. The Bertz CT molecular complexity index is 1420. The van der Waals surface area contributed by atoms with Crippen LogP contribution in [-0.2, 0) is 9.63 Å². The van der Waals surface area contributed by atoms with E-state index < -0.39 is 31.1 Å². The summed E-state index contributed by atoms with van der Waals surface area (Å²) in [5.41, 5.74) is 7.68. The first kappa shape index (κ1) is 25.6. The van der Waals surface area contributed by atoms with E-state index in [0.717, 1.165) is 16.0 Å². The SMILES string of the molecule is CO/N=C(\C(=O)N1CCN(c2ccc3c4c(cccc24)C(=O)N(C(CO)CO)C3=O)CC1)c1csc(N)n1. The van der Waals surface area contributed by atoms with Gasteiger partial charge in [-0.05, 0) is 18.2 Å². The number of hydrogen-bond donors (Lipinski definition) is 3. The van der Waals surface area contributed by atoms with Crippen LogP contribution in [0.25, 0.3) is 10.8 Å². The number of imide groups is 1. The second-order valence-corrected chi connectivity index (χ2v) is 9.72. The van der Waals surface area contributed by atoms with Gasteiger partial charge in [0.15, 0.2) is 10.8 Å². The highest BCUT2D eigenvalue weighted by molar-refractivity contribution is 7.13. The Hall–Kier alpha value is -4.07. The van der Waals surface area contributed by atoms with Gasteiger partial charge in [-0.15, -0.1) is 11.3 Å². The second-order valence-electron chi connectivity index (χ2n) is 8.83. The minimum Gasteiger partial charge on any atom is -0.398 e. The highest BCUT2D eigenvalue weighted by Crippen LogP contribution is 2.37. The van der Waals surface area contributed by atoms with Gasteiger partial charge in [-0.25, -0.2) is 4.98 Å². The van der Waals surface area contributed by atoms with Crippen LogP contribution in [0, 0.1) is 0 Å². The predicted molar refractivity (Wildman–Crippen MR) is 141 cm³/mol. The largest absolute Gasteiger partial charge is 0.398 e. The minimum absolute atomic E-state index is 0.0844. The van der Waals surface area contributed by atoms with Crippen molar-refractivity contribution in [2.24, 2.45) is 5.16 Å². The number of benzene rings is 2. The summed E-state index contributed by atoms with van der Waals surface area (Å²) in [5.74, 6) is -1.42. The zero-order valence-electron chi connectivity index (χ0n) is 20.5. The monoisotopic (exact) mass is 538 g/mol. The summed E-state index contributed by atoms with van der Waals surface area (Å²) in [5, 5.41) is 26.3. The van der Waals surface area contributed by atoms with Gasteiger partial charge < -0.3 is 30.6 Å². The van der Waals surface area contributed by atoms with Crippen LogP contribution in [0.5, 0.6) is 0 Å². The molecule has 0 aliphatic carbocycles. The normalized spacial score (nSPS) is 16.1. The maximum atomic E-state index is 13.2. The van der Waals surface area contributed by atoms with E-state index in [1.54, 1.807) is 28.5 Å². The molecular weight excluding hydrogens is 512 g/mol. The molecule has 0 atom stereocenters. The maximum Gasteiger partial charge on any atom is 0.278 e. The van der Waals surface area contributed by atoms with Crippen LogP contribution in [0.2, 0.25) is 0 Å². The molecule has 13 heteroatoms. The summed E-state index contributed by atoms with van der Waals surface area (Å²) in [7, 11) is 1.36. The molecule has 1 fully saturated rings. The first-order valence-corrected chi connectivity index (χ1v) is 12.8. The number of amides is 3. The van der Waals surface area contributed by atoms with Crippen molar-refractivity contribution in [1.29, 1.82) is 0 Å². The molecule has 0 unspecified atom stereocenters. The van der Waals surface area contributed by atoms with Crippen molar-refractivity contribution in [1.82, 2.24) is 14.8 Å². The van der Waals surface area contributed by atoms with E-state index >= 15 is 0 Å². The van der Waals surface area contributed by atoms with Crippen molar-refractivity contribution in [2.45, 2.75) is 6.04 Å². The number of nitrogen functional groups attached to an aromatic ring is 1. The summed E-state index contributed by atoms with van der Waals surface area (Å²) in [6, 6.07) is 7.72. The molecular formula is C25H26N6O6S. The highest BCUT2D eigenvalue weighted by atomic mass is 32.1. The lowest BCUT2D eigenvalue weighted by atomic mass is 9.91. The number of piperazine rings is 1. The lowest BCUT2D eigenvalue weighted by molar-refractivity contribution is -0.124. The van der Waals surface area contributed by atoms with Gasteiger partial charge in [-0.1, -0.05) is 17.3 Å². The minimum atomic E-state index is -1.02. The molecule has 12 nitrogen and oxygen atoms in total. The Balaban J connectivity index is 1.41. The van der Waals surface area contributed by atoms with Gasteiger partial charge in [0.1, 0.15) is 12.8 Å². The molecule has 3 amide bonds. The summed E-state index contributed by atoms with van der Waals surface area (Å²) < 4.78 is 0. The number of nitrogens with two attached hydrogens (primary N) is 1. The zero-order valence-corrected chi connectivity index (χ0v) is 21.3. The van der Waals surface area contributed by atoms with E-state index in [9.17, 15) is 24.6 Å². The third-order valence-corrected chi connectivity index (χ3v) is 7.43. The van der Waals surface area contributed by atoms with E-state index in [1.807, 2.05) is 12.1 Å². The topological polar surface area (TPSA) is 162 Å². The van der Waals surface area contributed by atoms with Gasteiger partial charge in [0.05, 0.1) is 19.3 Å². The number of aromatic nitrogens is 1. The van der Waals surface area contributed by atoms with Crippen molar-refractivity contribution in [2.75, 3.05) is 57.1 Å². The van der Waals surface area contributed by atoms with Crippen LogP contribution in [0.3, 0.4) is 0 Å². The van der Waals surface area contributed by atoms with Gasteiger partial charge in [0.2, 0.25) is 0 Å². The molecule has 1 aromatic heterocycles. The number of carbonyl (C=O) groups excluding carboxylic acids is 3. The number of rotatable bonds is 7. The molecule has 0 bridgehead atoms. The molecule has 0 spiro atoms. The molecule has 2 aliphatic heterocycles. The average molecular weight is 539 g/mol. The summed E-state index contributed by atoms with van der Waals surface area (Å²) >= 11 is 1.21. The lowest BCUT2D eigenvalue weighted by Crippen LogP contribution is -2.51. The Morgan fingerprint density at radius 3 is 2.39 bits per heavy atom. The fourth-order valence-electron chi connectivity index (χ4n) is 4.91. The molecule has 3 heterocycles. The fraction of sp³-hybridized carbons (Fsp3) is 0.320. The van der Waals surface area contributed by atoms with Crippen molar-refractivity contribution in [3.63, 3.8) is 0 Å². The number of aliphatic hydroxyl groups is 2. The molecule has 0 saturated carbocycles. The number of anilines is 2. The maximum absolute atomic E-state index is 13.2. The Labute approximate surface area is 221 Å². The number of carbonyl (C=O) groups is 3. The second kappa shape index (κ2) is 10.4. The molecule has 0 radical (unpaired) electrons. The van der Waals surface area contributed by atoms with Crippen LogP contribution < -0.4 is 10.6 Å². The third-order valence-electron chi connectivity index (χ3n) is 6.76. The van der Waals surface area contributed by atoms with E-state index in [-0.39, 0.29) is 11.6 Å². The van der Waals surface area contributed by atoms with Gasteiger partial charge >= 0.3 is 0 Å². The number of thiazole rings is 1. The number of hydrogen-bond acceptors (Lipinski definition) is 11. The molecule has 3 aromatic rings. The van der Waals surface area contributed by atoms with E-state index in [2.05, 4.69) is 15.0 Å². The zero-order chi connectivity index (χ0) is 27.0. The van der Waals surface area contributed by atoms with Crippen molar-refractivity contribution in [3.8, 4) is 0 Å². The Kier molecular flexibility index (Phi) is 6.97. The molecule has 198 valence electrons. The summed E-state index contributed by atoms with van der Waals surface area (Å²) in [6.07, 6.45) is 0. The molecule has 1 saturated heterocycles. The first-order chi connectivity index (χ1) is 18.4. The van der Waals surface area contributed by atoms with Crippen LogP contribution in [0.15, 0.2) is 40.9 Å². The van der Waals surface area contributed by atoms with Crippen molar-refractivity contribution >= 4 is 56.4 Å². The number of nitrogens with zero attached hydrogens (tertiary/aromatic N) is 5. The lowest BCUT2D eigenvalue weighted by Gasteiger charge is -2.37. The molecule has 5 rings (SSSR count). The number of aliphatic hydroxyl groups excluding tert-OH is 2. The highest BCUT2D eigenvalue weighted by Gasteiger charge is 2.38. The van der Waals surface area contributed by atoms with E-state index in [1.165, 1.54) is 18.4 Å². The molecule has 2 aromatic carbocycles. The van der Waals surface area contributed by atoms with Crippen LogP contribution >= 0.6 is 11.3 Å². The Morgan fingerprint density at radius 2 is 1.79 bits per heavy atom. The molecule has 4 N–H and O–H groups in total. The van der Waals surface area contributed by atoms with Crippen LogP contribution in [0.1, 0.15) is 26.4 Å². The van der Waals surface area contributed by atoms with E-state index in [4.69, 9.17) is 10.6 Å². The van der Waals surface area contributed by atoms with Gasteiger partial charge in [0.25, 0.3) is 17.7 Å². The molecule has 38 heavy (non-hydrogen) atoms. The van der Waals surface area contributed by atoms with Crippen molar-refractivity contribution < 1.29 is 29.4 Å². The number of oxime groups is 1. The van der Waals surface area contributed by atoms with Gasteiger partial charge in [-0.3, -0.25) is 19.3 Å². The van der Waals surface area contributed by atoms with Gasteiger partial charge in [0, 0.05) is 59.1 Å². The Morgan fingerprint density at radius 1 is 1.11 bits per heavy atom. The van der Waals surface area contributed by atoms with Crippen LogP contribution in [-0.4, -0.2) is 101 Å². The van der Waals surface area contributed by atoms with Gasteiger partial charge in [-0.2, -0.15) is 0 Å². The van der Waals surface area contributed by atoms with Crippen molar-refractivity contribution in [3.05, 3.63) is 52.5 Å². The van der Waals surface area contributed by atoms with Crippen LogP contribution in [0.4, 0.5) is 10.8 Å². The predicted octanol–water partition coefficient (Wildman–Crippen LogP) is 0.527. The third kappa shape index (κ3) is 4.23. The molecule has 2 aliphatic rings. The average Bonchev–Trinajstić information content (AvgIpc) is 3.37. The smallest absolute Gasteiger partial charge is 0.278 e. The fourth-order valence-corrected chi connectivity index (χ4v) is 5.46. The first-order valence-electron chi connectivity index (χ1n) is 11.9. The summed E-state index contributed by atoms with van der Waals surface area (Å²) in [6.45, 7) is 0.763. The van der Waals surface area contributed by atoms with E-state index in [0.29, 0.717) is 53.5 Å². The quantitative estimate of drug-likeness (QED) is 0.221.